The number of nitrogens with one attached hydrogen (secondary N) is 2. The molecular formula is C21H21N5OS. The van der Waals surface area contributed by atoms with E-state index in [1.54, 1.807) is 23.7 Å². The molecule has 0 saturated heterocycles. The molecule has 2 N–H and O–H groups in total. The van der Waals surface area contributed by atoms with Crippen LogP contribution in [-0.2, 0) is 0 Å². The van der Waals surface area contributed by atoms with Crippen molar-refractivity contribution in [1.82, 2.24) is 20.2 Å². The average molecular weight is 392 g/mol. The van der Waals surface area contributed by atoms with Gasteiger partial charge < -0.3 is 10.1 Å². The van der Waals surface area contributed by atoms with E-state index in [2.05, 4.69) is 26.6 Å². The topological polar surface area (TPSA) is 75.7 Å². The lowest BCUT2D eigenvalue weighted by Gasteiger charge is -2.22. The molecule has 1 aromatic carbocycles. The number of aromatic nitrogens is 4. The van der Waals surface area contributed by atoms with Crippen molar-refractivity contribution in [3.05, 3.63) is 48.9 Å². The molecule has 142 valence electrons. The molecule has 1 saturated carbocycles. The molecule has 0 amide bonds. The molecule has 0 bridgehead atoms. The summed E-state index contributed by atoms with van der Waals surface area (Å²) in [6, 6.07) is 10.4. The highest BCUT2D eigenvalue weighted by molar-refractivity contribution is 7.22. The predicted octanol–water partition coefficient (Wildman–Crippen LogP) is 5.62. The van der Waals surface area contributed by atoms with Crippen molar-refractivity contribution >= 4 is 26.7 Å². The molecule has 28 heavy (non-hydrogen) atoms. The molecule has 0 unspecified atom stereocenters. The Morgan fingerprint density at radius 2 is 1.96 bits per heavy atom. The van der Waals surface area contributed by atoms with Gasteiger partial charge in [0.2, 0.25) is 0 Å². The molecule has 1 aliphatic rings. The smallest absolute Gasteiger partial charge is 0.184 e. The third-order valence-electron chi connectivity index (χ3n) is 5.05. The van der Waals surface area contributed by atoms with Crippen LogP contribution in [-0.4, -0.2) is 26.2 Å². The van der Waals surface area contributed by atoms with Gasteiger partial charge in [-0.3, -0.25) is 10.1 Å². The van der Waals surface area contributed by atoms with Crippen molar-refractivity contribution in [3.8, 4) is 22.8 Å². The van der Waals surface area contributed by atoms with Gasteiger partial charge in [0.25, 0.3) is 0 Å². The third kappa shape index (κ3) is 3.71. The van der Waals surface area contributed by atoms with Crippen LogP contribution in [0, 0.1) is 0 Å². The molecule has 0 radical (unpaired) electrons. The van der Waals surface area contributed by atoms with Crippen molar-refractivity contribution < 1.29 is 4.74 Å². The SMILES string of the molecule is c1cc(Oc2ccc3nc(NC4CCCCC4)sc3c2)cc(-c2cn[nH]c2)n1. The Kier molecular flexibility index (Phi) is 4.66. The molecule has 0 aliphatic heterocycles. The van der Waals surface area contributed by atoms with Crippen LogP contribution in [0.1, 0.15) is 32.1 Å². The maximum absolute atomic E-state index is 6.07. The quantitative estimate of drug-likeness (QED) is 0.462. The molecule has 0 spiro atoms. The van der Waals surface area contributed by atoms with Crippen LogP contribution in [0.25, 0.3) is 21.5 Å². The number of benzene rings is 1. The number of aromatic amines is 1. The second kappa shape index (κ2) is 7.59. The van der Waals surface area contributed by atoms with Crippen molar-refractivity contribution in [2.24, 2.45) is 0 Å². The minimum Gasteiger partial charge on any atom is -0.457 e. The summed E-state index contributed by atoms with van der Waals surface area (Å²) in [6.07, 6.45) is 11.8. The Bertz CT molecular complexity index is 1070. The van der Waals surface area contributed by atoms with Crippen LogP contribution in [0.15, 0.2) is 48.9 Å². The Morgan fingerprint density at radius 1 is 1.07 bits per heavy atom. The van der Waals surface area contributed by atoms with Gasteiger partial charge in [-0.05, 0) is 31.0 Å². The highest BCUT2D eigenvalue weighted by atomic mass is 32.1. The Labute approximate surface area is 167 Å². The molecule has 7 heteroatoms. The summed E-state index contributed by atoms with van der Waals surface area (Å²) in [5, 5.41) is 11.4. The Balaban J connectivity index is 1.34. The highest BCUT2D eigenvalue weighted by Crippen LogP contribution is 2.33. The van der Waals surface area contributed by atoms with E-state index in [1.807, 2.05) is 30.5 Å². The highest BCUT2D eigenvalue weighted by Gasteiger charge is 2.15. The molecule has 3 aromatic heterocycles. The number of fused-ring (bicyclic) bond motifs is 1. The van der Waals surface area contributed by atoms with Gasteiger partial charge >= 0.3 is 0 Å². The first kappa shape index (κ1) is 17.2. The zero-order valence-corrected chi connectivity index (χ0v) is 16.2. The maximum atomic E-state index is 6.07. The fourth-order valence-corrected chi connectivity index (χ4v) is 4.58. The van der Waals surface area contributed by atoms with Gasteiger partial charge in [0.05, 0.1) is 22.1 Å². The number of pyridine rings is 1. The van der Waals surface area contributed by atoms with Gasteiger partial charge in [0.1, 0.15) is 11.5 Å². The van der Waals surface area contributed by atoms with E-state index in [-0.39, 0.29) is 0 Å². The average Bonchev–Trinajstić information content (AvgIpc) is 3.38. The molecule has 1 aliphatic carbocycles. The van der Waals surface area contributed by atoms with Crippen molar-refractivity contribution in [2.75, 3.05) is 5.32 Å². The first-order valence-corrected chi connectivity index (χ1v) is 10.5. The number of thiazole rings is 1. The van der Waals surface area contributed by atoms with Crippen molar-refractivity contribution in [3.63, 3.8) is 0 Å². The van der Waals surface area contributed by atoms with E-state index in [4.69, 9.17) is 9.72 Å². The molecule has 0 atom stereocenters. The zero-order valence-electron chi connectivity index (χ0n) is 15.4. The standard InChI is InChI=1S/C21H21N5OS/c1-2-4-15(5-3-1)25-21-26-18-7-6-16(11-20(18)28-21)27-17-8-9-22-19(10-17)14-12-23-24-13-14/h6-13,15H,1-5H2,(H,23,24)(H,25,26). The molecule has 4 aromatic rings. The minimum atomic E-state index is 0.559. The van der Waals surface area contributed by atoms with Gasteiger partial charge in [-0.2, -0.15) is 5.10 Å². The summed E-state index contributed by atoms with van der Waals surface area (Å²) in [7, 11) is 0. The first-order valence-electron chi connectivity index (χ1n) is 9.64. The summed E-state index contributed by atoms with van der Waals surface area (Å²) < 4.78 is 7.20. The number of rotatable bonds is 5. The minimum absolute atomic E-state index is 0.559. The summed E-state index contributed by atoms with van der Waals surface area (Å²) in [5.41, 5.74) is 2.76. The zero-order chi connectivity index (χ0) is 18.8. The monoisotopic (exact) mass is 391 g/mol. The number of H-pyrrole nitrogens is 1. The van der Waals surface area contributed by atoms with Gasteiger partial charge in [-0.15, -0.1) is 0 Å². The van der Waals surface area contributed by atoms with E-state index in [9.17, 15) is 0 Å². The fourth-order valence-electron chi connectivity index (χ4n) is 3.61. The lowest BCUT2D eigenvalue weighted by atomic mass is 9.96. The lowest BCUT2D eigenvalue weighted by Crippen LogP contribution is -2.21. The summed E-state index contributed by atoms with van der Waals surface area (Å²) >= 11 is 1.69. The number of ether oxygens (including phenoxy) is 1. The summed E-state index contributed by atoms with van der Waals surface area (Å²) in [4.78, 5) is 9.11. The van der Waals surface area contributed by atoms with Gasteiger partial charge in [-0.1, -0.05) is 30.6 Å². The van der Waals surface area contributed by atoms with Crippen LogP contribution >= 0.6 is 11.3 Å². The van der Waals surface area contributed by atoms with Gasteiger partial charge in [-0.25, -0.2) is 4.98 Å². The number of hydrogen-bond donors (Lipinski definition) is 2. The molecule has 1 fully saturated rings. The fraction of sp³-hybridized carbons (Fsp3) is 0.286. The largest absolute Gasteiger partial charge is 0.457 e. The Hall–Kier alpha value is -2.93. The lowest BCUT2D eigenvalue weighted by molar-refractivity contribution is 0.462. The molecule has 6 nitrogen and oxygen atoms in total. The Morgan fingerprint density at radius 3 is 2.82 bits per heavy atom. The van der Waals surface area contributed by atoms with E-state index >= 15 is 0 Å². The normalized spacial score (nSPS) is 15.0. The molecular weight excluding hydrogens is 370 g/mol. The molecule has 5 rings (SSSR count). The van der Waals surface area contributed by atoms with Gasteiger partial charge in [0, 0.05) is 36.1 Å². The van der Waals surface area contributed by atoms with Crippen LogP contribution in [0.2, 0.25) is 0 Å². The predicted molar refractivity (Wildman–Crippen MR) is 112 cm³/mol. The van der Waals surface area contributed by atoms with E-state index in [1.165, 1.54) is 32.1 Å². The van der Waals surface area contributed by atoms with Crippen LogP contribution < -0.4 is 10.1 Å². The number of hydrogen-bond acceptors (Lipinski definition) is 6. The molecule has 3 heterocycles. The van der Waals surface area contributed by atoms with Crippen molar-refractivity contribution in [2.45, 2.75) is 38.1 Å². The van der Waals surface area contributed by atoms with E-state index in [0.717, 1.165) is 38.1 Å². The van der Waals surface area contributed by atoms with Crippen LogP contribution in [0.5, 0.6) is 11.5 Å². The van der Waals surface area contributed by atoms with Crippen LogP contribution in [0.4, 0.5) is 5.13 Å². The van der Waals surface area contributed by atoms with Gasteiger partial charge in [0.15, 0.2) is 5.13 Å². The number of nitrogens with zero attached hydrogens (tertiary/aromatic N) is 3. The summed E-state index contributed by atoms with van der Waals surface area (Å²) in [6.45, 7) is 0. The second-order valence-electron chi connectivity index (χ2n) is 7.09. The summed E-state index contributed by atoms with van der Waals surface area (Å²) in [5.74, 6) is 1.54. The van der Waals surface area contributed by atoms with E-state index < -0.39 is 0 Å². The number of anilines is 1. The first-order chi connectivity index (χ1) is 13.8. The third-order valence-corrected chi connectivity index (χ3v) is 6.00. The second-order valence-corrected chi connectivity index (χ2v) is 8.12. The van der Waals surface area contributed by atoms with Crippen LogP contribution in [0.3, 0.4) is 0 Å². The van der Waals surface area contributed by atoms with Crippen molar-refractivity contribution in [1.29, 1.82) is 0 Å². The van der Waals surface area contributed by atoms with E-state index in [0.29, 0.717) is 6.04 Å². The maximum Gasteiger partial charge on any atom is 0.184 e.